The van der Waals surface area contributed by atoms with E-state index in [4.69, 9.17) is 19.8 Å². The Hall–Kier alpha value is -2.16. The van der Waals surface area contributed by atoms with Crippen molar-refractivity contribution < 1.29 is 56.7 Å². The van der Waals surface area contributed by atoms with Gasteiger partial charge in [-0.05, 0) is 62.0 Å². The zero-order valence-electron chi connectivity index (χ0n) is 21.1. The van der Waals surface area contributed by atoms with Crippen molar-refractivity contribution in [3.63, 3.8) is 0 Å². The topological polar surface area (TPSA) is 181 Å². The van der Waals surface area contributed by atoms with Gasteiger partial charge in [0.25, 0.3) is 0 Å². The number of hydrogen-bond donors (Lipinski definition) is 0. The Balaban J connectivity index is 0. The van der Waals surface area contributed by atoms with E-state index >= 15 is 0 Å². The Labute approximate surface area is 226 Å². The second kappa shape index (κ2) is 15.8. The largest absolute Gasteiger partial charge is 2.00 e. The molecule has 0 radical (unpaired) electrons. The summed E-state index contributed by atoms with van der Waals surface area (Å²) >= 11 is 0. The van der Waals surface area contributed by atoms with Gasteiger partial charge in [0.2, 0.25) is 0 Å². The molecule has 6 rings (SSSR count). The molecule has 2 bridgehead atoms. The predicted octanol–water partition coefficient (Wildman–Crippen LogP) is -1.58. The first-order valence-electron chi connectivity index (χ1n) is 11.1. The van der Waals surface area contributed by atoms with E-state index < -0.39 is 11.9 Å². The number of aliphatic carboxylic acids is 2. The minimum atomic E-state index is -1.08. The molecule has 3 aliphatic carbocycles. The Kier molecular flexibility index (Phi) is 15.8. The van der Waals surface area contributed by atoms with E-state index in [1.54, 1.807) is 22.3 Å². The number of benzene rings is 2. The van der Waals surface area contributed by atoms with E-state index in [1.165, 1.54) is 19.6 Å². The number of rotatable bonds is 3. The van der Waals surface area contributed by atoms with Gasteiger partial charge in [-0.1, -0.05) is 48.5 Å². The first-order chi connectivity index (χ1) is 15.2. The normalized spacial score (nSPS) is 21.6. The average molecular weight is 597 g/mol. The van der Waals surface area contributed by atoms with Crippen LogP contribution in [0.2, 0.25) is 0 Å². The molecule has 1 fully saturated rings. The maximum Gasteiger partial charge on any atom is 2.00 e. The van der Waals surface area contributed by atoms with Gasteiger partial charge in [0.05, 0.1) is 0 Å². The van der Waals surface area contributed by atoms with Crippen LogP contribution in [0.5, 0.6) is 0 Å². The first-order valence-corrected chi connectivity index (χ1v) is 11.1. The van der Waals surface area contributed by atoms with Crippen LogP contribution in [0, 0.1) is 11.8 Å². The number of likely N-dealkylation sites (tertiary alicyclic amines) is 1. The van der Waals surface area contributed by atoms with Gasteiger partial charge in [0.15, 0.2) is 0 Å². The van der Waals surface area contributed by atoms with Crippen molar-refractivity contribution in [2.24, 2.45) is 11.8 Å². The van der Waals surface area contributed by atoms with Gasteiger partial charge in [0.1, 0.15) is 0 Å². The van der Waals surface area contributed by atoms with E-state index in [0.717, 1.165) is 32.2 Å². The van der Waals surface area contributed by atoms with Crippen LogP contribution in [0.4, 0.5) is 0 Å². The molecule has 10 heteroatoms. The second-order valence-corrected chi connectivity index (χ2v) is 9.09. The molecule has 6 N–H and O–H groups in total. The van der Waals surface area contributed by atoms with E-state index in [-0.39, 0.29) is 36.9 Å². The Morgan fingerprint density at radius 3 is 1.31 bits per heavy atom. The van der Waals surface area contributed by atoms with Crippen molar-refractivity contribution in [2.45, 2.75) is 25.7 Å². The van der Waals surface area contributed by atoms with Crippen molar-refractivity contribution >= 4 is 11.9 Å². The smallest absolute Gasteiger partial charge is 0.550 e. The third-order valence-electron chi connectivity index (χ3n) is 6.54. The van der Waals surface area contributed by atoms with Gasteiger partial charge >= 0.3 is 20.4 Å². The van der Waals surface area contributed by atoms with Crippen molar-refractivity contribution in [3.8, 4) is 0 Å². The summed E-state index contributed by atoms with van der Waals surface area (Å²) in [5, 5.41) is 17.8. The van der Waals surface area contributed by atoms with Gasteiger partial charge in [-0.3, -0.25) is 0 Å². The van der Waals surface area contributed by atoms with Gasteiger partial charge < -0.3 is 46.0 Å². The SMILES string of the molecule is CC(=O)[O-].CC(=O)[O-].CN(C)CCN1C[C@@H]2C3c4ccccc4C(c4ccccc43)[C@@H]2C1.O.O.O.[Pd+2]. The summed E-state index contributed by atoms with van der Waals surface area (Å²) in [4.78, 5) is 22.8. The van der Waals surface area contributed by atoms with Crippen molar-refractivity contribution in [3.05, 3.63) is 70.8 Å². The molecular weight excluding hydrogens is 559 g/mol. The minimum absolute atomic E-state index is 0. The number of carbonyl (C=O) groups excluding carboxylic acids is 2. The quantitative estimate of drug-likeness (QED) is 0.385. The molecule has 2 atom stereocenters. The molecule has 36 heavy (non-hydrogen) atoms. The molecule has 0 spiro atoms. The van der Waals surface area contributed by atoms with Crippen molar-refractivity contribution in [1.29, 1.82) is 0 Å². The van der Waals surface area contributed by atoms with Crippen LogP contribution in [0.1, 0.15) is 47.9 Å². The molecule has 1 heterocycles. The fourth-order valence-electron chi connectivity index (χ4n) is 5.58. The van der Waals surface area contributed by atoms with E-state index in [2.05, 4.69) is 72.4 Å². The maximum absolute atomic E-state index is 8.89. The zero-order valence-corrected chi connectivity index (χ0v) is 22.7. The Morgan fingerprint density at radius 2 is 1.06 bits per heavy atom. The number of likely N-dealkylation sites (N-methyl/N-ethyl adjacent to an activating group) is 1. The molecule has 1 saturated heterocycles. The average Bonchev–Trinajstić information content (AvgIpc) is 3.15. The summed E-state index contributed by atoms with van der Waals surface area (Å²) < 4.78 is 0. The fraction of sp³-hybridized carbons (Fsp3) is 0.462. The summed E-state index contributed by atoms with van der Waals surface area (Å²) in [5.41, 5.74) is 6.43. The molecule has 4 aliphatic rings. The number of carbonyl (C=O) groups is 2. The number of nitrogens with zero attached hydrogens (tertiary/aromatic N) is 2. The van der Waals surface area contributed by atoms with Gasteiger partial charge in [-0.15, -0.1) is 0 Å². The zero-order chi connectivity index (χ0) is 23.4. The third kappa shape index (κ3) is 8.18. The van der Waals surface area contributed by atoms with E-state index in [0.29, 0.717) is 11.8 Å². The van der Waals surface area contributed by atoms with Gasteiger partial charge in [0, 0.05) is 50.0 Å². The van der Waals surface area contributed by atoms with Crippen LogP contribution in [-0.2, 0) is 30.0 Å². The van der Waals surface area contributed by atoms with Crippen LogP contribution in [-0.4, -0.2) is 78.4 Å². The van der Waals surface area contributed by atoms with Crippen molar-refractivity contribution in [2.75, 3.05) is 40.3 Å². The van der Waals surface area contributed by atoms with E-state index in [9.17, 15) is 0 Å². The van der Waals surface area contributed by atoms with Crippen LogP contribution < -0.4 is 10.2 Å². The van der Waals surface area contributed by atoms with Crippen LogP contribution in [0.15, 0.2) is 48.5 Å². The molecule has 204 valence electrons. The summed E-state index contributed by atoms with van der Waals surface area (Å²) in [7, 11) is 4.36. The van der Waals surface area contributed by atoms with Crippen molar-refractivity contribution in [1.82, 2.24) is 9.80 Å². The molecular formula is C26H38N2O7Pd. The minimum Gasteiger partial charge on any atom is -0.550 e. The van der Waals surface area contributed by atoms with Crippen LogP contribution in [0.25, 0.3) is 0 Å². The second-order valence-electron chi connectivity index (χ2n) is 9.09. The molecule has 2 aromatic rings. The summed E-state index contributed by atoms with van der Waals surface area (Å²) in [6, 6.07) is 18.5. The Morgan fingerprint density at radius 1 is 0.778 bits per heavy atom. The molecule has 0 unspecified atom stereocenters. The van der Waals surface area contributed by atoms with Crippen LogP contribution in [0.3, 0.4) is 0 Å². The molecule has 0 saturated carbocycles. The molecule has 9 nitrogen and oxygen atoms in total. The Bertz CT molecular complexity index is 847. The first kappa shape index (κ1) is 36.0. The van der Waals surface area contributed by atoms with Crippen LogP contribution >= 0.6 is 0 Å². The summed E-state index contributed by atoms with van der Waals surface area (Å²) in [6.45, 7) is 6.84. The standard InChI is InChI=1S/C22H26N2.2C2H4O2.3H2O.Pd/c1-23(2)11-12-24-13-19-20(14-24)22-16-8-4-3-7-15(16)21(19)17-9-5-6-10-18(17)22;2*1-2(3)4;;;;/h3-10,19-22H,11-14H2,1-2H3;2*1H3,(H,3,4);3*1H2;/q;;;;;;+2/p-2/t19-,20+,21?,22?;;;;;;. The third-order valence-corrected chi connectivity index (χ3v) is 6.54. The number of carboxylic acids is 2. The maximum atomic E-state index is 8.89. The number of carboxylic acid groups (broad SMARTS) is 2. The molecule has 0 aromatic heterocycles. The molecule has 0 amide bonds. The summed E-state index contributed by atoms with van der Waals surface area (Å²) in [5.74, 6) is 0.637. The monoisotopic (exact) mass is 596 g/mol. The van der Waals surface area contributed by atoms with Gasteiger partial charge in [-0.25, -0.2) is 0 Å². The molecule has 2 aromatic carbocycles. The van der Waals surface area contributed by atoms with Gasteiger partial charge in [-0.2, -0.15) is 0 Å². The number of hydrogen-bond acceptors (Lipinski definition) is 6. The van der Waals surface area contributed by atoms with E-state index in [1.807, 2.05) is 0 Å². The fourth-order valence-corrected chi connectivity index (χ4v) is 5.58. The predicted molar refractivity (Wildman–Crippen MR) is 131 cm³/mol. The molecule has 1 aliphatic heterocycles. The summed E-state index contributed by atoms with van der Waals surface area (Å²) in [6.07, 6.45) is 0.